The Kier molecular flexibility index (Phi) is 5.58. The highest BCUT2D eigenvalue weighted by molar-refractivity contribution is 6.36. The molecule has 0 radical (unpaired) electrons. The molecule has 0 amide bonds. The summed E-state index contributed by atoms with van der Waals surface area (Å²) in [4.78, 5) is 0. The molecule has 0 atom stereocenters. The summed E-state index contributed by atoms with van der Waals surface area (Å²) in [7, 11) is 0. The fourth-order valence-electron chi connectivity index (χ4n) is 3.09. The summed E-state index contributed by atoms with van der Waals surface area (Å²) in [6.45, 7) is 1.32. The predicted molar refractivity (Wildman–Crippen MR) is 113 cm³/mol. The van der Waals surface area contributed by atoms with Crippen molar-refractivity contribution < 1.29 is 9.63 Å². The van der Waals surface area contributed by atoms with Gasteiger partial charge in [-0.15, -0.1) is 0 Å². The Balaban J connectivity index is 1.60. The average molecular weight is 394 g/mol. The van der Waals surface area contributed by atoms with Gasteiger partial charge in [0.1, 0.15) is 0 Å². The van der Waals surface area contributed by atoms with Crippen LogP contribution in [-0.2, 0) is 6.54 Å². The van der Waals surface area contributed by atoms with Gasteiger partial charge >= 0.3 is 0 Å². The molecule has 0 bridgehead atoms. The van der Waals surface area contributed by atoms with Gasteiger partial charge in [0.2, 0.25) is 0 Å². The summed E-state index contributed by atoms with van der Waals surface area (Å²) in [5, 5.41) is 21.0. The number of aliphatic hydroxyl groups is 1. The molecular weight excluding hydrogens is 374 g/mol. The first-order valence-electron chi connectivity index (χ1n) is 9.07. The highest BCUT2D eigenvalue weighted by atomic mass is 35.5. The molecule has 6 heteroatoms. The van der Waals surface area contributed by atoms with Gasteiger partial charge in [0.05, 0.1) is 22.7 Å². The van der Waals surface area contributed by atoms with E-state index in [0.29, 0.717) is 29.5 Å². The Morgan fingerprint density at radius 3 is 2.68 bits per heavy atom. The second-order valence-electron chi connectivity index (χ2n) is 6.42. The van der Waals surface area contributed by atoms with E-state index in [-0.39, 0.29) is 6.61 Å². The van der Waals surface area contributed by atoms with Gasteiger partial charge in [-0.2, -0.15) is 0 Å². The van der Waals surface area contributed by atoms with Crippen LogP contribution in [-0.4, -0.2) is 23.4 Å². The number of fused-ring (bicyclic) bond motifs is 1. The number of hydrogen-bond acceptors (Lipinski definition) is 5. The maximum absolute atomic E-state index is 8.86. The van der Waals surface area contributed by atoms with Crippen molar-refractivity contribution in [2.24, 2.45) is 0 Å². The molecule has 5 nitrogen and oxygen atoms in total. The molecule has 1 heterocycles. The molecule has 3 N–H and O–H groups in total. The number of halogens is 1. The third kappa shape index (κ3) is 3.87. The van der Waals surface area contributed by atoms with Crippen molar-refractivity contribution in [1.82, 2.24) is 10.5 Å². The van der Waals surface area contributed by atoms with Crippen LogP contribution in [0.4, 0.5) is 11.5 Å². The number of nitrogens with zero attached hydrogens (tertiary/aromatic N) is 1. The molecule has 0 aliphatic carbocycles. The van der Waals surface area contributed by atoms with Crippen molar-refractivity contribution in [2.45, 2.75) is 6.54 Å². The minimum atomic E-state index is 0.113. The minimum Gasteiger partial charge on any atom is -0.395 e. The molecule has 142 valence electrons. The largest absolute Gasteiger partial charge is 0.395 e. The van der Waals surface area contributed by atoms with Crippen molar-refractivity contribution in [3.8, 4) is 11.1 Å². The number of aliphatic hydroxyl groups excluding tert-OH is 1. The van der Waals surface area contributed by atoms with Gasteiger partial charge in [0, 0.05) is 18.7 Å². The van der Waals surface area contributed by atoms with E-state index in [1.54, 1.807) is 0 Å². The lowest BCUT2D eigenvalue weighted by Gasteiger charge is -2.10. The number of aromatic nitrogens is 1. The monoisotopic (exact) mass is 393 g/mol. The van der Waals surface area contributed by atoms with Gasteiger partial charge in [0.25, 0.3) is 0 Å². The Labute approximate surface area is 167 Å². The van der Waals surface area contributed by atoms with Crippen LogP contribution >= 0.6 is 11.6 Å². The number of hydrogen-bond donors (Lipinski definition) is 3. The van der Waals surface area contributed by atoms with E-state index in [2.05, 4.69) is 15.8 Å². The van der Waals surface area contributed by atoms with Crippen molar-refractivity contribution in [2.75, 3.05) is 18.5 Å². The molecule has 4 rings (SSSR count). The number of benzene rings is 3. The minimum absolute atomic E-state index is 0.113. The summed E-state index contributed by atoms with van der Waals surface area (Å²) in [6, 6.07) is 21.8. The first-order valence-corrected chi connectivity index (χ1v) is 9.45. The summed E-state index contributed by atoms with van der Waals surface area (Å²) >= 11 is 6.66. The van der Waals surface area contributed by atoms with Gasteiger partial charge in [-0.3, -0.25) is 0 Å². The highest BCUT2D eigenvalue weighted by Gasteiger charge is 2.13. The Morgan fingerprint density at radius 2 is 1.86 bits per heavy atom. The second-order valence-corrected chi connectivity index (χ2v) is 6.80. The fraction of sp³-hybridized carbons (Fsp3) is 0.136. The zero-order valence-corrected chi connectivity index (χ0v) is 15.9. The zero-order chi connectivity index (χ0) is 19.3. The van der Waals surface area contributed by atoms with Gasteiger partial charge in [-0.25, -0.2) is 0 Å². The van der Waals surface area contributed by atoms with E-state index in [4.69, 9.17) is 21.2 Å². The molecule has 0 unspecified atom stereocenters. The summed E-state index contributed by atoms with van der Waals surface area (Å²) in [5.41, 5.74) is 4.54. The van der Waals surface area contributed by atoms with E-state index in [9.17, 15) is 0 Å². The van der Waals surface area contributed by atoms with Crippen molar-refractivity contribution in [3.05, 3.63) is 77.3 Å². The van der Waals surface area contributed by atoms with Gasteiger partial charge in [0.15, 0.2) is 11.4 Å². The van der Waals surface area contributed by atoms with Crippen LogP contribution in [0, 0.1) is 0 Å². The van der Waals surface area contributed by atoms with E-state index in [1.165, 1.54) is 0 Å². The average Bonchev–Trinajstić information content (AvgIpc) is 3.12. The lowest BCUT2D eigenvalue weighted by Crippen LogP contribution is -2.17. The lowest BCUT2D eigenvalue weighted by molar-refractivity contribution is 0.292. The van der Waals surface area contributed by atoms with Crippen LogP contribution in [0.2, 0.25) is 5.02 Å². The van der Waals surface area contributed by atoms with Crippen LogP contribution in [0.25, 0.3) is 22.1 Å². The molecule has 1 aromatic heterocycles. The molecule has 0 fully saturated rings. The number of anilines is 2. The third-order valence-corrected chi connectivity index (χ3v) is 4.90. The van der Waals surface area contributed by atoms with E-state index in [1.807, 2.05) is 66.7 Å². The fourth-order valence-corrected chi connectivity index (χ4v) is 3.37. The molecule has 4 aromatic rings. The number of rotatable bonds is 7. The van der Waals surface area contributed by atoms with E-state index < -0.39 is 0 Å². The van der Waals surface area contributed by atoms with Crippen LogP contribution in [0.3, 0.4) is 0 Å². The van der Waals surface area contributed by atoms with Crippen LogP contribution in [0.15, 0.2) is 71.3 Å². The summed E-state index contributed by atoms with van der Waals surface area (Å²) < 4.78 is 5.49. The lowest BCUT2D eigenvalue weighted by atomic mass is 10.0. The van der Waals surface area contributed by atoms with Crippen LogP contribution in [0.1, 0.15) is 5.56 Å². The summed E-state index contributed by atoms with van der Waals surface area (Å²) in [5.74, 6) is 0.622. The second kappa shape index (κ2) is 8.44. The Hall–Kier alpha value is -2.86. The SMILES string of the molecule is OCCNCc1ccc2c(Nc3cccc(-c4ccccc4)c3Cl)noc2c1. The third-order valence-electron chi connectivity index (χ3n) is 4.49. The molecule has 0 aliphatic rings. The normalized spacial score (nSPS) is 11.1. The van der Waals surface area contributed by atoms with Crippen LogP contribution < -0.4 is 10.6 Å². The van der Waals surface area contributed by atoms with Crippen molar-refractivity contribution >= 4 is 34.1 Å². The quantitative estimate of drug-likeness (QED) is 0.386. The molecule has 3 aromatic carbocycles. The maximum Gasteiger partial charge on any atom is 0.181 e. The molecule has 0 saturated carbocycles. The zero-order valence-electron chi connectivity index (χ0n) is 15.2. The summed E-state index contributed by atoms with van der Waals surface area (Å²) in [6.07, 6.45) is 0. The highest BCUT2D eigenvalue weighted by Crippen LogP contribution is 2.36. The Morgan fingerprint density at radius 1 is 1.00 bits per heavy atom. The van der Waals surface area contributed by atoms with Crippen LogP contribution in [0.5, 0.6) is 0 Å². The number of nitrogens with one attached hydrogen (secondary N) is 2. The van der Waals surface area contributed by atoms with Gasteiger partial charge in [-0.1, -0.05) is 65.3 Å². The topological polar surface area (TPSA) is 70.3 Å². The smallest absolute Gasteiger partial charge is 0.181 e. The molecule has 28 heavy (non-hydrogen) atoms. The molecular formula is C22H20ClN3O2. The van der Waals surface area contributed by atoms with E-state index >= 15 is 0 Å². The molecule has 0 aliphatic heterocycles. The standard InChI is InChI=1S/C22H20ClN3O2/c23-21-17(16-5-2-1-3-6-16)7-4-8-19(21)25-22-18-10-9-15(14-24-11-12-27)13-20(18)28-26-22/h1-10,13,24,27H,11-12,14H2,(H,25,26). The van der Waals surface area contributed by atoms with Gasteiger partial charge < -0.3 is 20.3 Å². The first-order chi connectivity index (χ1) is 13.8. The van der Waals surface area contributed by atoms with E-state index in [0.717, 1.165) is 27.8 Å². The van der Waals surface area contributed by atoms with Crippen molar-refractivity contribution in [1.29, 1.82) is 0 Å². The van der Waals surface area contributed by atoms with Crippen molar-refractivity contribution in [3.63, 3.8) is 0 Å². The first kappa shape index (κ1) is 18.5. The molecule has 0 saturated heterocycles. The van der Waals surface area contributed by atoms with Gasteiger partial charge in [-0.05, 0) is 29.3 Å². The maximum atomic E-state index is 8.86. The molecule has 0 spiro atoms. The predicted octanol–water partition coefficient (Wildman–Crippen LogP) is 4.97. The Bertz CT molecular complexity index is 1080.